The molecule has 3 saturated carbocycles. The summed E-state index contributed by atoms with van der Waals surface area (Å²) in [5.41, 5.74) is -1.58. The molecule has 548 valence electrons. The summed E-state index contributed by atoms with van der Waals surface area (Å²) in [5, 5.41) is 7.49. The van der Waals surface area contributed by atoms with Gasteiger partial charge in [0.05, 0.1) is 45.2 Å². The van der Waals surface area contributed by atoms with Crippen LogP contribution in [0.5, 0.6) is 0 Å². The molecule has 3 heterocycles. The molecule has 12 amide bonds. The third kappa shape index (κ3) is 20.2. The summed E-state index contributed by atoms with van der Waals surface area (Å²) in [4.78, 5) is 189. The van der Waals surface area contributed by atoms with Crippen molar-refractivity contribution >= 4 is 82.5 Å². The predicted octanol–water partition coefficient (Wildman–Crippen LogP) is 4.02. The largest absolute Gasteiger partial charge is 0.393 e. The van der Waals surface area contributed by atoms with Crippen LogP contribution >= 0.6 is 11.6 Å². The minimum absolute atomic E-state index is 0.00493. The lowest BCUT2D eigenvalue weighted by Crippen LogP contribution is -2.65. The number of amides is 12. The molecule has 0 aromatic rings. The summed E-state index contributed by atoms with van der Waals surface area (Å²) in [6, 6.07) is -8.76. The molecule has 1 spiro atoms. The van der Waals surface area contributed by atoms with E-state index in [0.29, 0.717) is 25.7 Å². The number of morpholine rings is 1. The Morgan fingerprint density at radius 1 is 0.629 bits per heavy atom. The number of alkyl halides is 4. The van der Waals surface area contributed by atoms with Crippen LogP contribution in [0.1, 0.15) is 164 Å². The number of nitrogens with one attached hydrogen (secondary N) is 3. The number of hydrogen-bond donors (Lipinski definition) is 3. The van der Waals surface area contributed by atoms with Crippen LogP contribution in [-0.4, -0.2) is 276 Å². The molecule has 29 heteroatoms. The van der Waals surface area contributed by atoms with Crippen LogP contribution in [-0.2, 0) is 62.3 Å². The number of rotatable bonds is 11. The van der Waals surface area contributed by atoms with E-state index in [1.807, 2.05) is 20.8 Å². The lowest BCUT2D eigenvalue weighted by molar-refractivity contribution is -0.182. The van der Waals surface area contributed by atoms with E-state index in [0.717, 1.165) is 45.3 Å². The van der Waals surface area contributed by atoms with E-state index in [1.54, 1.807) is 20.8 Å². The molecule has 3 aliphatic heterocycles. The highest BCUT2D eigenvalue weighted by Gasteiger charge is 2.52. The fourth-order valence-corrected chi connectivity index (χ4v) is 15.6. The van der Waals surface area contributed by atoms with Crippen molar-refractivity contribution < 1.29 is 75.4 Å². The molecule has 3 saturated heterocycles. The molecule has 6 fully saturated rings. The Balaban J connectivity index is 1.40. The zero-order valence-corrected chi connectivity index (χ0v) is 60.3. The van der Waals surface area contributed by atoms with Crippen LogP contribution in [0.3, 0.4) is 0 Å². The van der Waals surface area contributed by atoms with Gasteiger partial charge in [0.2, 0.25) is 70.9 Å². The van der Waals surface area contributed by atoms with Gasteiger partial charge in [-0.3, -0.25) is 57.5 Å². The summed E-state index contributed by atoms with van der Waals surface area (Å²) in [6.45, 7) is 9.81. The molecule has 0 aromatic carbocycles. The summed E-state index contributed by atoms with van der Waals surface area (Å²) in [6.07, 6.45) is 0.860. The van der Waals surface area contributed by atoms with Crippen molar-refractivity contribution in [2.24, 2.45) is 35.5 Å². The topological polar surface area (TPSA) is 279 Å². The maximum absolute atomic E-state index is 15.4. The molecule has 25 nitrogen and oxygen atoms in total. The first kappa shape index (κ1) is 79.7. The van der Waals surface area contributed by atoms with Crippen molar-refractivity contribution in [2.75, 3.05) is 102 Å². The third-order valence-corrected chi connectivity index (χ3v) is 21.9. The van der Waals surface area contributed by atoms with E-state index >= 15 is 14.4 Å². The fourth-order valence-electron chi connectivity index (χ4n) is 15.1. The highest BCUT2D eigenvalue weighted by atomic mass is 35.5. The standard InChI is InChI=1S/C68H110ClF3N12O13/c1-14-43(6)57-64(94)78(9)39-55(87)76(7)40-56(88)80(11)51(36-44-20-15-16-21-44)62(92)77(8)38-53(85)73-48(26-24-45-23-25-46(47(69)35-45)68(70,71)72)61(91)84-29-19-22-49(84)60(90)75-67(27-17-18-28-67)66(96)82(13)58(42(4)5)65(95)81(12)52(63(93)83-30-32-97-33-31-83)37-54(86)79(10)50(34-41(2)3)59(89)74-57/h41-52,57-58H,14-40H2,1-13H3,(H,73,85)(H,74,89)(H,75,90)/t43-,45?,46?,47?,48-,49-,50-,51-,52-,57-,58-/m0/s1. The molecule has 6 rings (SSSR count). The van der Waals surface area contributed by atoms with E-state index < -0.39 is 174 Å². The minimum Gasteiger partial charge on any atom is -0.378 e. The second kappa shape index (κ2) is 35.1. The number of carbonyl (C=O) groups excluding carboxylic acids is 12. The number of hydrogen-bond acceptors (Lipinski definition) is 13. The molecule has 6 aliphatic rings. The number of carbonyl (C=O) groups is 12. The third-order valence-electron chi connectivity index (χ3n) is 21.4. The molecule has 3 unspecified atom stereocenters. The molecule has 11 atom stereocenters. The Kier molecular flexibility index (Phi) is 28.9. The SMILES string of the molecule is CC[C@H](C)[C@@H]1NC(=O)[C@H](CC(C)C)N(C)C(=O)C[C@@H](C(=O)N2CCOCC2)N(C)C(=O)[C@H](C(C)C)N(C)C(=O)C2(CCCC2)NC(=O)[C@@H]2CCCN2C(=O)[C@H](CCC2CCC(C(F)(F)F)C(Cl)C2)NC(=O)CN(C)C(=O)[C@H](CC2CCCC2)N(C)C(=O)CN(C)C(=O)CN(C)C1=O. The van der Waals surface area contributed by atoms with Gasteiger partial charge in [0.15, 0.2) is 0 Å². The van der Waals surface area contributed by atoms with Crippen LogP contribution in [0, 0.1) is 35.5 Å². The average Bonchev–Trinajstić information content (AvgIpc) is 1.75. The normalized spacial score (nSPS) is 29.5. The van der Waals surface area contributed by atoms with E-state index in [-0.39, 0.29) is 115 Å². The van der Waals surface area contributed by atoms with Gasteiger partial charge in [-0.15, -0.1) is 11.6 Å². The molecule has 97 heavy (non-hydrogen) atoms. The number of nitrogens with zero attached hydrogens (tertiary/aromatic N) is 9. The van der Waals surface area contributed by atoms with Crippen LogP contribution in [0.15, 0.2) is 0 Å². The summed E-state index contributed by atoms with van der Waals surface area (Å²) >= 11 is 6.38. The monoisotopic (exact) mass is 1390 g/mol. The predicted molar refractivity (Wildman–Crippen MR) is 355 cm³/mol. The van der Waals surface area contributed by atoms with Crippen molar-refractivity contribution in [1.82, 2.24) is 60.0 Å². The summed E-state index contributed by atoms with van der Waals surface area (Å²) in [7, 11) is 9.81. The van der Waals surface area contributed by atoms with Gasteiger partial charge in [-0.2, -0.15) is 13.2 Å². The Morgan fingerprint density at radius 2 is 1.24 bits per heavy atom. The van der Waals surface area contributed by atoms with E-state index in [1.165, 1.54) is 73.8 Å². The van der Waals surface area contributed by atoms with Crippen molar-refractivity contribution in [3.05, 3.63) is 0 Å². The van der Waals surface area contributed by atoms with Crippen LogP contribution in [0.25, 0.3) is 0 Å². The van der Waals surface area contributed by atoms with Crippen molar-refractivity contribution in [3.8, 4) is 0 Å². The van der Waals surface area contributed by atoms with Gasteiger partial charge in [-0.1, -0.05) is 86.5 Å². The van der Waals surface area contributed by atoms with E-state index in [9.17, 15) is 56.3 Å². The van der Waals surface area contributed by atoms with Crippen LogP contribution < -0.4 is 16.0 Å². The number of halogens is 4. The van der Waals surface area contributed by atoms with Gasteiger partial charge in [0.1, 0.15) is 47.8 Å². The molecular weight excluding hydrogens is 1290 g/mol. The van der Waals surface area contributed by atoms with Gasteiger partial charge in [0.25, 0.3) is 0 Å². The first-order valence-corrected chi connectivity index (χ1v) is 35.6. The molecule has 0 aromatic heterocycles. The number of likely N-dealkylation sites (N-methyl/N-ethyl adjacent to an activating group) is 7. The van der Waals surface area contributed by atoms with Crippen LogP contribution in [0.2, 0.25) is 0 Å². The maximum atomic E-state index is 15.4. The molecular formula is C68H110ClF3N12O13. The van der Waals surface area contributed by atoms with Crippen molar-refractivity contribution in [2.45, 2.75) is 223 Å². The average molecular weight is 1400 g/mol. The summed E-state index contributed by atoms with van der Waals surface area (Å²) in [5.74, 6) is -11.2. The Bertz CT molecular complexity index is 2820. The van der Waals surface area contributed by atoms with Gasteiger partial charge in [-0.25, -0.2) is 0 Å². The van der Waals surface area contributed by atoms with E-state index in [2.05, 4.69) is 16.0 Å². The zero-order chi connectivity index (χ0) is 72.1. The smallest absolute Gasteiger partial charge is 0.378 e. The Hall–Kier alpha value is -6.32. The fraction of sp³-hybridized carbons (Fsp3) is 0.824. The first-order chi connectivity index (χ1) is 45.5. The minimum atomic E-state index is -4.51. The summed E-state index contributed by atoms with van der Waals surface area (Å²) < 4.78 is 47.4. The lowest BCUT2D eigenvalue weighted by atomic mass is 9.78. The van der Waals surface area contributed by atoms with Gasteiger partial charge in [0, 0.05) is 74.3 Å². The highest BCUT2D eigenvalue weighted by Crippen LogP contribution is 2.44. The number of ether oxygens (including phenoxy) is 1. The lowest BCUT2D eigenvalue weighted by Gasteiger charge is -2.42. The van der Waals surface area contributed by atoms with E-state index in [4.69, 9.17) is 16.3 Å². The second-order valence-corrected chi connectivity index (χ2v) is 29.8. The second-order valence-electron chi connectivity index (χ2n) is 29.3. The quantitative estimate of drug-likeness (QED) is 0.247. The molecule has 0 radical (unpaired) electrons. The van der Waals surface area contributed by atoms with Crippen molar-refractivity contribution in [3.63, 3.8) is 0 Å². The van der Waals surface area contributed by atoms with Gasteiger partial charge >= 0.3 is 6.18 Å². The van der Waals surface area contributed by atoms with Crippen molar-refractivity contribution in [1.29, 1.82) is 0 Å². The zero-order valence-electron chi connectivity index (χ0n) is 59.5. The molecule has 0 bridgehead atoms. The Morgan fingerprint density at radius 3 is 1.82 bits per heavy atom. The first-order valence-electron chi connectivity index (χ1n) is 35.1. The van der Waals surface area contributed by atoms with Gasteiger partial charge < -0.3 is 64.8 Å². The number of fused-ring (bicyclic) bond motifs is 1. The molecule has 3 N–H and O–H groups in total. The highest BCUT2D eigenvalue weighted by molar-refractivity contribution is 6.21. The molecule has 3 aliphatic carbocycles. The van der Waals surface area contributed by atoms with Crippen LogP contribution in [0.4, 0.5) is 13.2 Å². The van der Waals surface area contributed by atoms with Gasteiger partial charge in [-0.05, 0) is 100 Å². The Labute approximate surface area is 575 Å². The maximum Gasteiger partial charge on any atom is 0.393 e.